The molecule has 2 atom stereocenters. The van der Waals surface area contributed by atoms with Gasteiger partial charge < -0.3 is 10.5 Å². The van der Waals surface area contributed by atoms with Crippen LogP contribution in [0.1, 0.15) is 22.7 Å². The van der Waals surface area contributed by atoms with Gasteiger partial charge in [0.1, 0.15) is 17.2 Å². The van der Waals surface area contributed by atoms with E-state index in [-0.39, 0.29) is 12.0 Å². The maximum atomic E-state index is 11.9. The number of morpholine rings is 1. The number of hydrogen-bond donors (Lipinski definition) is 1. The highest BCUT2D eigenvalue weighted by atomic mass is 32.1. The summed E-state index contributed by atoms with van der Waals surface area (Å²) in [6.07, 6.45) is 1.68. The number of thiazole rings is 1. The van der Waals surface area contributed by atoms with Crippen molar-refractivity contribution in [2.75, 3.05) is 19.7 Å². The summed E-state index contributed by atoms with van der Waals surface area (Å²) in [6, 6.07) is 9.22. The van der Waals surface area contributed by atoms with Crippen molar-refractivity contribution >= 4 is 17.2 Å². The van der Waals surface area contributed by atoms with Crippen LogP contribution in [0.4, 0.5) is 0 Å². The van der Waals surface area contributed by atoms with Gasteiger partial charge in [-0.3, -0.25) is 9.69 Å². The molecule has 1 fully saturated rings. The Kier molecular flexibility index (Phi) is 4.28. The fourth-order valence-electron chi connectivity index (χ4n) is 2.64. The lowest BCUT2D eigenvalue weighted by atomic mass is 10.0. The van der Waals surface area contributed by atoms with Gasteiger partial charge in [-0.15, -0.1) is 11.3 Å². The molecule has 5 nitrogen and oxygen atoms in total. The van der Waals surface area contributed by atoms with E-state index in [1.807, 2.05) is 35.7 Å². The highest BCUT2D eigenvalue weighted by molar-refractivity contribution is 7.09. The maximum absolute atomic E-state index is 11.9. The first-order chi connectivity index (χ1) is 10.3. The third kappa shape index (κ3) is 3.12. The van der Waals surface area contributed by atoms with Crippen molar-refractivity contribution in [2.24, 2.45) is 5.73 Å². The average Bonchev–Trinajstić information content (AvgIpc) is 3.03. The lowest BCUT2D eigenvalue weighted by Crippen LogP contribution is -2.45. The Morgan fingerprint density at radius 3 is 2.90 bits per heavy atom. The van der Waals surface area contributed by atoms with Crippen LogP contribution >= 0.6 is 11.3 Å². The van der Waals surface area contributed by atoms with Crippen molar-refractivity contribution in [3.8, 4) is 0 Å². The SMILES string of the molecule is NC(=O)[C@H](c1ccccc1)N1CCO[C@@H](c2nccs2)C1. The van der Waals surface area contributed by atoms with E-state index in [2.05, 4.69) is 9.88 Å². The summed E-state index contributed by atoms with van der Waals surface area (Å²) < 4.78 is 5.77. The molecule has 1 aliphatic heterocycles. The van der Waals surface area contributed by atoms with Crippen molar-refractivity contribution in [1.29, 1.82) is 0 Å². The normalized spacial score (nSPS) is 21.0. The summed E-state index contributed by atoms with van der Waals surface area (Å²) in [4.78, 5) is 18.3. The Hall–Kier alpha value is -1.76. The number of ether oxygens (including phenoxy) is 1. The number of nitrogens with two attached hydrogens (primary N) is 1. The monoisotopic (exact) mass is 303 g/mol. The summed E-state index contributed by atoms with van der Waals surface area (Å²) in [5.74, 6) is -0.332. The van der Waals surface area contributed by atoms with Gasteiger partial charge in [0, 0.05) is 24.7 Å². The van der Waals surface area contributed by atoms with Crippen LogP contribution in [-0.4, -0.2) is 35.5 Å². The largest absolute Gasteiger partial charge is 0.368 e. The van der Waals surface area contributed by atoms with Crippen LogP contribution < -0.4 is 5.73 Å². The summed E-state index contributed by atoms with van der Waals surface area (Å²) >= 11 is 1.57. The van der Waals surface area contributed by atoms with Gasteiger partial charge in [-0.1, -0.05) is 30.3 Å². The van der Waals surface area contributed by atoms with Crippen molar-refractivity contribution in [3.05, 3.63) is 52.5 Å². The molecule has 1 saturated heterocycles. The average molecular weight is 303 g/mol. The molecule has 3 rings (SSSR count). The first kappa shape index (κ1) is 14.2. The molecule has 0 radical (unpaired) electrons. The topological polar surface area (TPSA) is 68.5 Å². The van der Waals surface area contributed by atoms with Gasteiger partial charge in [0.15, 0.2) is 0 Å². The van der Waals surface area contributed by atoms with Crippen molar-refractivity contribution in [3.63, 3.8) is 0 Å². The molecule has 1 amide bonds. The van der Waals surface area contributed by atoms with Gasteiger partial charge in [0.25, 0.3) is 0 Å². The number of benzene rings is 1. The predicted octanol–water partition coefficient (Wildman–Crippen LogP) is 1.74. The van der Waals surface area contributed by atoms with Crippen LogP contribution in [-0.2, 0) is 9.53 Å². The van der Waals surface area contributed by atoms with E-state index >= 15 is 0 Å². The third-order valence-corrected chi connectivity index (χ3v) is 4.44. The van der Waals surface area contributed by atoms with E-state index in [1.165, 1.54) is 0 Å². The summed E-state index contributed by atoms with van der Waals surface area (Å²) in [5.41, 5.74) is 6.55. The number of carbonyl (C=O) groups is 1. The Balaban J connectivity index is 1.81. The lowest BCUT2D eigenvalue weighted by Gasteiger charge is -2.36. The van der Waals surface area contributed by atoms with Crippen molar-refractivity contribution in [2.45, 2.75) is 12.1 Å². The fraction of sp³-hybridized carbons (Fsp3) is 0.333. The van der Waals surface area contributed by atoms with Crippen molar-refractivity contribution in [1.82, 2.24) is 9.88 Å². The molecule has 21 heavy (non-hydrogen) atoms. The number of primary amides is 1. The first-order valence-corrected chi connectivity index (χ1v) is 7.73. The van der Waals surface area contributed by atoms with Crippen LogP contribution in [0, 0.1) is 0 Å². The number of rotatable bonds is 4. The van der Waals surface area contributed by atoms with Gasteiger partial charge in [-0.05, 0) is 5.56 Å². The molecule has 110 valence electrons. The second-order valence-electron chi connectivity index (χ2n) is 4.94. The van der Waals surface area contributed by atoms with Crippen LogP contribution in [0.15, 0.2) is 41.9 Å². The Labute approximate surface area is 127 Å². The molecule has 2 aromatic rings. The summed E-state index contributed by atoms with van der Waals surface area (Å²) in [7, 11) is 0. The Morgan fingerprint density at radius 2 is 2.24 bits per heavy atom. The van der Waals surface area contributed by atoms with E-state index < -0.39 is 6.04 Å². The molecular weight excluding hydrogens is 286 g/mol. The molecule has 2 N–H and O–H groups in total. The standard InChI is InChI=1S/C15H17N3O2S/c16-14(19)13(11-4-2-1-3-5-11)18-7-8-20-12(10-18)15-17-6-9-21-15/h1-6,9,12-13H,7-8,10H2,(H2,16,19)/t12-,13+/m1/s1. The second-order valence-corrected chi connectivity index (χ2v) is 5.87. The molecular formula is C15H17N3O2S. The Morgan fingerprint density at radius 1 is 1.43 bits per heavy atom. The molecule has 0 spiro atoms. The number of nitrogens with zero attached hydrogens (tertiary/aromatic N) is 2. The quantitative estimate of drug-likeness (QED) is 0.934. The molecule has 0 unspecified atom stereocenters. The van der Waals surface area contributed by atoms with E-state index in [0.29, 0.717) is 19.7 Å². The number of aromatic nitrogens is 1. The zero-order valence-electron chi connectivity index (χ0n) is 11.5. The zero-order valence-corrected chi connectivity index (χ0v) is 12.3. The molecule has 1 aliphatic rings. The summed E-state index contributed by atoms with van der Waals surface area (Å²) in [6.45, 7) is 1.88. The van der Waals surface area contributed by atoms with Gasteiger partial charge in [-0.2, -0.15) is 0 Å². The minimum atomic E-state index is -0.419. The molecule has 1 aromatic carbocycles. The van der Waals surface area contributed by atoms with Gasteiger partial charge in [0.05, 0.1) is 6.61 Å². The van der Waals surface area contributed by atoms with Gasteiger partial charge in [0.2, 0.25) is 5.91 Å². The molecule has 1 aromatic heterocycles. The second kappa shape index (κ2) is 6.34. The van der Waals surface area contributed by atoms with Crippen LogP contribution in [0.5, 0.6) is 0 Å². The van der Waals surface area contributed by atoms with Crippen LogP contribution in [0.3, 0.4) is 0 Å². The van der Waals surface area contributed by atoms with Crippen molar-refractivity contribution < 1.29 is 9.53 Å². The summed E-state index contributed by atoms with van der Waals surface area (Å²) in [5, 5.41) is 2.87. The first-order valence-electron chi connectivity index (χ1n) is 6.85. The molecule has 6 heteroatoms. The minimum Gasteiger partial charge on any atom is -0.368 e. The predicted molar refractivity (Wildman–Crippen MR) is 80.8 cm³/mol. The number of hydrogen-bond acceptors (Lipinski definition) is 5. The maximum Gasteiger partial charge on any atom is 0.239 e. The molecule has 2 heterocycles. The fourth-order valence-corrected chi connectivity index (χ4v) is 3.31. The van der Waals surface area contributed by atoms with Crippen LogP contribution in [0.2, 0.25) is 0 Å². The third-order valence-electron chi connectivity index (χ3n) is 3.57. The lowest BCUT2D eigenvalue weighted by molar-refractivity contribution is -0.127. The van der Waals surface area contributed by atoms with Crippen LogP contribution in [0.25, 0.3) is 0 Å². The molecule has 0 bridgehead atoms. The highest BCUT2D eigenvalue weighted by Gasteiger charge is 2.32. The zero-order chi connectivity index (χ0) is 14.7. The van der Waals surface area contributed by atoms with E-state index in [9.17, 15) is 4.79 Å². The number of carbonyl (C=O) groups excluding carboxylic acids is 1. The minimum absolute atomic E-state index is 0.0932. The van der Waals surface area contributed by atoms with E-state index in [0.717, 1.165) is 10.6 Å². The van der Waals surface area contributed by atoms with Gasteiger partial charge in [-0.25, -0.2) is 4.98 Å². The molecule has 0 saturated carbocycles. The van der Waals surface area contributed by atoms with E-state index in [4.69, 9.17) is 10.5 Å². The highest BCUT2D eigenvalue weighted by Crippen LogP contribution is 2.29. The number of amides is 1. The Bertz CT molecular complexity index is 588. The van der Waals surface area contributed by atoms with Gasteiger partial charge >= 0.3 is 0 Å². The van der Waals surface area contributed by atoms with E-state index in [1.54, 1.807) is 17.5 Å². The smallest absolute Gasteiger partial charge is 0.239 e. The molecule has 0 aliphatic carbocycles.